The molecule has 0 saturated carbocycles. The normalized spacial score (nSPS) is 10.2. The molecule has 0 spiro atoms. The maximum absolute atomic E-state index is 13.2. The Bertz CT molecular complexity index is 906. The van der Waals surface area contributed by atoms with Gasteiger partial charge in [0.1, 0.15) is 11.6 Å². The third-order valence-corrected chi connectivity index (χ3v) is 3.56. The Morgan fingerprint density at radius 1 is 0.828 bits per heavy atom. The first-order chi connectivity index (χ1) is 13.5. The number of carbonyl (C=O) groups is 2. The maximum atomic E-state index is 13.2. The Kier molecular flexibility index (Phi) is 8.64. The van der Waals surface area contributed by atoms with E-state index in [0.29, 0.717) is 18.2 Å². The van der Waals surface area contributed by atoms with Crippen LogP contribution in [0.2, 0.25) is 0 Å². The summed E-state index contributed by atoms with van der Waals surface area (Å²) in [7, 11) is 2.52. The van der Waals surface area contributed by atoms with E-state index in [1.54, 1.807) is 0 Å². The van der Waals surface area contributed by atoms with E-state index in [2.05, 4.69) is 4.84 Å². The molecule has 0 atom stereocenters. The van der Waals surface area contributed by atoms with Crippen molar-refractivity contribution >= 4 is 11.9 Å². The topological polar surface area (TPSA) is 66.8 Å². The van der Waals surface area contributed by atoms with Crippen molar-refractivity contribution in [1.82, 2.24) is 5.06 Å². The quantitative estimate of drug-likeness (QED) is 0.455. The number of hydroxylamine groups is 2. The van der Waals surface area contributed by atoms with E-state index in [1.807, 2.05) is 0 Å². The van der Waals surface area contributed by atoms with Gasteiger partial charge in [0.15, 0.2) is 23.3 Å². The fraction of sp³-hybridized carbons (Fsp3) is 0.222. The van der Waals surface area contributed by atoms with Crippen molar-refractivity contribution in [2.75, 3.05) is 14.2 Å². The highest BCUT2D eigenvalue weighted by atomic mass is 19.2. The first-order valence-corrected chi connectivity index (χ1v) is 7.76. The molecular weight excluding hydrogens is 408 g/mol. The first-order valence-electron chi connectivity index (χ1n) is 7.76. The van der Waals surface area contributed by atoms with E-state index < -0.39 is 70.7 Å². The fourth-order valence-electron chi connectivity index (χ4n) is 1.98. The van der Waals surface area contributed by atoms with Gasteiger partial charge in [-0.2, -0.15) is 0 Å². The largest absolute Gasteiger partial charge is 0.481 e. The van der Waals surface area contributed by atoms with Crippen molar-refractivity contribution in [2.24, 2.45) is 0 Å². The van der Waals surface area contributed by atoms with E-state index in [-0.39, 0.29) is 0 Å². The van der Waals surface area contributed by atoms with Crippen molar-refractivity contribution in [1.29, 1.82) is 0 Å². The molecule has 29 heavy (non-hydrogen) atoms. The highest BCUT2D eigenvalue weighted by Crippen LogP contribution is 2.17. The predicted octanol–water partition coefficient (Wildman–Crippen LogP) is 3.40. The summed E-state index contributed by atoms with van der Waals surface area (Å²) in [5, 5.41) is 9.06. The van der Waals surface area contributed by atoms with E-state index in [1.165, 1.54) is 14.2 Å². The number of carboxylic acid groups (broad SMARTS) is 1. The number of aliphatic carboxylic acids is 1. The van der Waals surface area contributed by atoms with Crippen LogP contribution in [-0.4, -0.2) is 36.2 Å². The van der Waals surface area contributed by atoms with Gasteiger partial charge in [0.25, 0.3) is 0 Å². The lowest BCUT2D eigenvalue weighted by atomic mass is 10.1. The maximum Gasteiger partial charge on any atom is 0.308 e. The van der Waals surface area contributed by atoms with Crippen molar-refractivity contribution in [2.45, 2.75) is 12.8 Å². The monoisotopic (exact) mass is 423 g/mol. The Morgan fingerprint density at radius 3 is 1.59 bits per heavy atom. The molecule has 0 bridgehead atoms. The average molecular weight is 423 g/mol. The molecule has 1 N–H and O–H groups in total. The van der Waals surface area contributed by atoms with Crippen molar-refractivity contribution < 1.29 is 45.9 Å². The van der Waals surface area contributed by atoms with E-state index in [9.17, 15) is 35.9 Å². The summed E-state index contributed by atoms with van der Waals surface area (Å²) in [5.41, 5.74) is -1.36. The molecule has 2 aromatic rings. The second-order valence-corrected chi connectivity index (χ2v) is 5.46. The number of rotatable bonds is 5. The van der Waals surface area contributed by atoms with Gasteiger partial charge >= 0.3 is 5.97 Å². The minimum Gasteiger partial charge on any atom is -0.481 e. The zero-order valence-electron chi connectivity index (χ0n) is 15.1. The van der Waals surface area contributed by atoms with E-state index in [0.717, 1.165) is 11.1 Å². The lowest BCUT2D eigenvalue weighted by molar-refractivity contribution is -0.167. The van der Waals surface area contributed by atoms with Gasteiger partial charge in [-0.05, 0) is 24.3 Å². The van der Waals surface area contributed by atoms with Crippen LogP contribution in [0, 0.1) is 34.9 Å². The van der Waals surface area contributed by atoms with Crippen LogP contribution in [-0.2, 0) is 27.3 Å². The molecule has 158 valence electrons. The molecule has 2 aromatic carbocycles. The van der Waals surface area contributed by atoms with E-state index >= 15 is 0 Å². The second kappa shape index (κ2) is 10.5. The lowest BCUT2D eigenvalue weighted by Gasteiger charge is -2.14. The molecule has 0 aliphatic carbocycles. The van der Waals surface area contributed by atoms with Gasteiger partial charge in [-0.3, -0.25) is 14.4 Å². The number of carbonyl (C=O) groups excluding carboxylic acids is 1. The lowest BCUT2D eigenvalue weighted by Crippen LogP contribution is -2.27. The zero-order valence-corrected chi connectivity index (χ0v) is 15.1. The van der Waals surface area contributed by atoms with Crippen molar-refractivity contribution in [3.63, 3.8) is 0 Å². The van der Waals surface area contributed by atoms with Crippen LogP contribution in [0.1, 0.15) is 11.1 Å². The van der Waals surface area contributed by atoms with Crippen LogP contribution < -0.4 is 0 Å². The smallest absolute Gasteiger partial charge is 0.308 e. The number of likely N-dealkylation sites (N-methyl/N-ethyl adjacent to an activating group) is 1. The Labute approximate surface area is 161 Å². The third kappa shape index (κ3) is 6.49. The summed E-state index contributed by atoms with van der Waals surface area (Å²) in [4.78, 5) is 26.0. The second-order valence-electron chi connectivity index (χ2n) is 5.46. The molecule has 0 saturated heterocycles. The van der Waals surface area contributed by atoms with Crippen LogP contribution in [0.25, 0.3) is 0 Å². The zero-order chi connectivity index (χ0) is 22.3. The van der Waals surface area contributed by atoms with Gasteiger partial charge < -0.3 is 5.11 Å². The molecular formula is C18H15F6NO4. The molecule has 0 heterocycles. The van der Waals surface area contributed by atoms with Crippen LogP contribution in [0.4, 0.5) is 26.3 Å². The molecule has 0 radical (unpaired) electrons. The summed E-state index contributed by atoms with van der Waals surface area (Å²) in [5.74, 6) is -9.34. The molecule has 2 rings (SSSR count). The number of nitrogens with zero attached hydrogens (tertiary/aromatic N) is 1. The summed E-state index contributed by atoms with van der Waals surface area (Å²) in [6.07, 6.45) is -1.46. The van der Waals surface area contributed by atoms with Gasteiger partial charge in [-0.15, -0.1) is 0 Å². The van der Waals surface area contributed by atoms with Gasteiger partial charge in [0.2, 0.25) is 5.91 Å². The standard InChI is InChI=1S/C10H10F3NO2.C8H5F3O2/c1-14(16-2)9(15)5-6-7(11)3-4-8(12)10(6)13;9-5-1-2-6(10)8(11)4(5)3-7(12)13/h3-4H,5H2,1-2H3;1-2H,3H2,(H,12,13). The van der Waals surface area contributed by atoms with Gasteiger partial charge in [0.05, 0.1) is 20.0 Å². The number of halogens is 6. The average Bonchev–Trinajstić information content (AvgIpc) is 2.68. The molecule has 0 aliphatic rings. The highest BCUT2D eigenvalue weighted by Gasteiger charge is 2.19. The number of hydrogen-bond acceptors (Lipinski definition) is 3. The molecule has 11 heteroatoms. The van der Waals surface area contributed by atoms with Crippen LogP contribution >= 0.6 is 0 Å². The molecule has 0 aliphatic heterocycles. The van der Waals surface area contributed by atoms with Gasteiger partial charge in [0, 0.05) is 18.2 Å². The number of benzene rings is 2. The van der Waals surface area contributed by atoms with Crippen molar-refractivity contribution in [3.8, 4) is 0 Å². The Hall–Kier alpha value is -3.08. The Morgan fingerprint density at radius 2 is 1.21 bits per heavy atom. The van der Waals surface area contributed by atoms with Crippen LogP contribution in [0.5, 0.6) is 0 Å². The molecule has 5 nitrogen and oxygen atoms in total. The van der Waals surface area contributed by atoms with Crippen molar-refractivity contribution in [3.05, 3.63) is 70.3 Å². The number of hydrogen-bond donors (Lipinski definition) is 1. The molecule has 1 amide bonds. The third-order valence-electron chi connectivity index (χ3n) is 3.56. The fourth-order valence-corrected chi connectivity index (χ4v) is 1.98. The van der Waals surface area contributed by atoms with Gasteiger partial charge in [-0.1, -0.05) is 0 Å². The summed E-state index contributed by atoms with van der Waals surface area (Å²) in [6, 6.07) is 2.74. The highest BCUT2D eigenvalue weighted by molar-refractivity contribution is 5.77. The number of carboxylic acids is 1. The SMILES string of the molecule is CON(C)C(=O)Cc1c(F)ccc(F)c1F.O=C(O)Cc1c(F)ccc(F)c1F. The number of amides is 1. The van der Waals surface area contributed by atoms with E-state index in [4.69, 9.17) is 5.11 Å². The predicted molar refractivity (Wildman–Crippen MR) is 87.5 cm³/mol. The summed E-state index contributed by atoms with van der Waals surface area (Å²) < 4.78 is 77.0. The van der Waals surface area contributed by atoms with Crippen LogP contribution in [0.15, 0.2) is 24.3 Å². The molecule has 0 unspecified atom stereocenters. The molecule has 0 aromatic heterocycles. The molecule has 0 fully saturated rings. The minimum atomic E-state index is -1.44. The Balaban J connectivity index is 0.000000296. The summed E-state index contributed by atoms with van der Waals surface area (Å²) in [6.45, 7) is 0. The first kappa shape index (κ1) is 24.0. The summed E-state index contributed by atoms with van der Waals surface area (Å²) >= 11 is 0. The van der Waals surface area contributed by atoms with Crippen LogP contribution in [0.3, 0.4) is 0 Å². The minimum absolute atomic E-state index is 0.597. The van der Waals surface area contributed by atoms with Gasteiger partial charge in [-0.25, -0.2) is 31.4 Å².